The monoisotopic (exact) mass is 495 g/mol. The van der Waals surface area contributed by atoms with Gasteiger partial charge in [0.2, 0.25) is 5.75 Å². The second kappa shape index (κ2) is 10.0. The van der Waals surface area contributed by atoms with E-state index < -0.39 is 11.5 Å². The van der Waals surface area contributed by atoms with E-state index in [9.17, 15) is 9.59 Å². The quantitative estimate of drug-likeness (QED) is 0.280. The Labute approximate surface area is 205 Å². The van der Waals surface area contributed by atoms with Crippen LogP contribution in [-0.4, -0.2) is 48.9 Å². The third-order valence-corrected chi connectivity index (χ3v) is 5.72. The maximum Gasteiger partial charge on any atom is 0.355 e. The van der Waals surface area contributed by atoms with Crippen LogP contribution in [0.3, 0.4) is 0 Å². The lowest BCUT2D eigenvalue weighted by atomic mass is 9.97. The SMILES string of the molecule is COC(=O)c1c(-c2cc(OC)c(OC)c(OC)c2)c2ccc(Cl)nc2c(=O)n1Cc1ccncc1. The average molecular weight is 496 g/mol. The number of methoxy groups -OCH3 is 4. The first kappa shape index (κ1) is 24.0. The molecule has 4 aromatic rings. The third-order valence-electron chi connectivity index (χ3n) is 5.51. The molecule has 0 bridgehead atoms. The molecule has 0 unspecified atom stereocenters. The molecule has 0 aliphatic heterocycles. The zero-order valence-corrected chi connectivity index (χ0v) is 20.3. The fourth-order valence-electron chi connectivity index (χ4n) is 3.94. The summed E-state index contributed by atoms with van der Waals surface area (Å²) in [6.45, 7) is 0.0767. The Morgan fingerprint density at radius 2 is 1.63 bits per heavy atom. The number of rotatable bonds is 7. The Morgan fingerprint density at radius 1 is 0.971 bits per heavy atom. The number of hydrogen-bond donors (Lipinski definition) is 0. The number of esters is 1. The summed E-state index contributed by atoms with van der Waals surface area (Å²) in [7, 11) is 5.74. The number of pyridine rings is 3. The smallest absolute Gasteiger partial charge is 0.355 e. The molecule has 0 amide bonds. The van der Waals surface area contributed by atoms with Crippen LogP contribution in [-0.2, 0) is 11.3 Å². The van der Waals surface area contributed by atoms with E-state index in [0.29, 0.717) is 33.8 Å². The number of carbonyl (C=O) groups excluding carboxylic acids is 1. The van der Waals surface area contributed by atoms with Crippen LogP contribution in [0.15, 0.2) is 53.6 Å². The van der Waals surface area contributed by atoms with Crippen molar-refractivity contribution in [2.24, 2.45) is 0 Å². The molecule has 3 heterocycles. The van der Waals surface area contributed by atoms with Crippen molar-refractivity contribution in [2.45, 2.75) is 6.54 Å². The molecule has 9 nitrogen and oxygen atoms in total. The Hall–Kier alpha value is -4.11. The molecular formula is C25H22ClN3O6. The topological polar surface area (TPSA) is 102 Å². The van der Waals surface area contributed by atoms with Gasteiger partial charge in [0.1, 0.15) is 16.4 Å². The van der Waals surface area contributed by atoms with Crippen molar-refractivity contribution in [1.82, 2.24) is 14.5 Å². The van der Waals surface area contributed by atoms with Gasteiger partial charge in [-0.1, -0.05) is 11.6 Å². The van der Waals surface area contributed by atoms with Crippen LogP contribution >= 0.6 is 11.6 Å². The molecule has 1 aromatic carbocycles. The van der Waals surface area contributed by atoms with Crippen molar-refractivity contribution in [2.75, 3.05) is 28.4 Å². The Morgan fingerprint density at radius 3 is 2.20 bits per heavy atom. The van der Waals surface area contributed by atoms with Gasteiger partial charge in [-0.15, -0.1) is 0 Å². The van der Waals surface area contributed by atoms with E-state index in [4.69, 9.17) is 30.5 Å². The number of halogens is 1. The summed E-state index contributed by atoms with van der Waals surface area (Å²) < 4.78 is 22.9. The summed E-state index contributed by atoms with van der Waals surface area (Å²) in [6.07, 6.45) is 3.21. The van der Waals surface area contributed by atoms with Gasteiger partial charge < -0.3 is 18.9 Å². The third kappa shape index (κ3) is 4.38. The second-order valence-electron chi connectivity index (χ2n) is 7.41. The molecule has 0 N–H and O–H groups in total. The fraction of sp³-hybridized carbons (Fsp3) is 0.200. The largest absolute Gasteiger partial charge is 0.493 e. The number of nitrogens with zero attached hydrogens (tertiary/aromatic N) is 3. The lowest BCUT2D eigenvalue weighted by Crippen LogP contribution is -2.29. The summed E-state index contributed by atoms with van der Waals surface area (Å²) in [5.41, 5.74) is 1.34. The van der Waals surface area contributed by atoms with Gasteiger partial charge in [0.15, 0.2) is 11.5 Å². The number of aromatic nitrogens is 3. The summed E-state index contributed by atoms with van der Waals surface area (Å²) in [5, 5.41) is 0.562. The summed E-state index contributed by atoms with van der Waals surface area (Å²) >= 11 is 6.15. The van der Waals surface area contributed by atoms with Crippen LogP contribution in [0.25, 0.3) is 22.0 Å². The number of fused-ring (bicyclic) bond motifs is 1. The molecule has 3 aromatic heterocycles. The zero-order chi connectivity index (χ0) is 25.1. The molecule has 0 spiro atoms. The van der Waals surface area contributed by atoms with Crippen molar-refractivity contribution >= 4 is 28.5 Å². The van der Waals surface area contributed by atoms with E-state index in [-0.39, 0.29) is 22.9 Å². The molecule has 0 radical (unpaired) electrons. The van der Waals surface area contributed by atoms with Crippen LogP contribution in [0.4, 0.5) is 0 Å². The molecule has 0 fully saturated rings. The molecule has 0 saturated heterocycles. The van der Waals surface area contributed by atoms with E-state index >= 15 is 0 Å². The normalized spacial score (nSPS) is 10.8. The van der Waals surface area contributed by atoms with Crippen molar-refractivity contribution < 1.29 is 23.7 Å². The highest BCUT2D eigenvalue weighted by Crippen LogP contribution is 2.43. The van der Waals surface area contributed by atoms with Gasteiger partial charge in [0.25, 0.3) is 5.56 Å². The molecule has 35 heavy (non-hydrogen) atoms. The van der Waals surface area contributed by atoms with E-state index in [1.165, 1.54) is 33.0 Å². The summed E-state index contributed by atoms with van der Waals surface area (Å²) in [4.78, 5) is 35.1. The Kier molecular flexibility index (Phi) is 6.88. The van der Waals surface area contributed by atoms with Crippen LogP contribution < -0.4 is 19.8 Å². The fourth-order valence-corrected chi connectivity index (χ4v) is 4.09. The van der Waals surface area contributed by atoms with Crippen LogP contribution in [0.2, 0.25) is 5.15 Å². The van der Waals surface area contributed by atoms with E-state index in [0.717, 1.165) is 5.56 Å². The highest BCUT2D eigenvalue weighted by Gasteiger charge is 2.27. The standard InChI is InChI=1S/C25H22ClN3O6/c1-32-17-11-15(12-18(33-2)23(17)34-3)20-16-5-6-19(26)28-21(16)24(30)29(22(20)25(31)35-4)13-14-7-9-27-10-8-14/h5-12H,13H2,1-4H3. The highest BCUT2D eigenvalue weighted by atomic mass is 35.5. The minimum atomic E-state index is -0.697. The van der Waals surface area contributed by atoms with E-state index in [2.05, 4.69) is 9.97 Å². The van der Waals surface area contributed by atoms with Gasteiger partial charge in [-0.25, -0.2) is 9.78 Å². The molecule has 0 atom stereocenters. The molecule has 10 heteroatoms. The van der Waals surface area contributed by atoms with Gasteiger partial charge in [0, 0.05) is 23.3 Å². The van der Waals surface area contributed by atoms with Crippen LogP contribution in [0.1, 0.15) is 16.1 Å². The van der Waals surface area contributed by atoms with E-state index in [1.54, 1.807) is 48.8 Å². The first-order valence-corrected chi connectivity index (χ1v) is 10.8. The number of benzene rings is 1. The summed E-state index contributed by atoms with van der Waals surface area (Å²) in [6, 6.07) is 10.1. The van der Waals surface area contributed by atoms with Crippen molar-refractivity contribution in [3.63, 3.8) is 0 Å². The van der Waals surface area contributed by atoms with Crippen molar-refractivity contribution in [1.29, 1.82) is 0 Å². The molecule has 0 aliphatic rings. The van der Waals surface area contributed by atoms with Crippen LogP contribution in [0, 0.1) is 0 Å². The molecule has 0 aliphatic carbocycles. The second-order valence-corrected chi connectivity index (χ2v) is 7.79. The number of ether oxygens (including phenoxy) is 4. The Balaban J connectivity index is 2.17. The Bertz CT molecular complexity index is 1450. The van der Waals surface area contributed by atoms with Gasteiger partial charge in [0.05, 0.1) is 35.0 Å². The van der Waals surface area contributed by atoms with Crippen molar-refractivity contribution in [3.8, 4) is 28.4 Å². The van der Waals surface area contributed by atoms with Crippen molar-refractivity contribution in [3.05, 3.63) is 75.6 Å². The molecular weight excluding hydrogens is 474 g/mol. The summed E-state index contributed by atoms with van der Waals surface area (Å²) in [5.74, 6) is 0.435. The van der Waals surface area contributed by atoms with Gasteiger partial charge in [-0.3, -0.25) is 14.3 Å². The first-order valence-electron chi connectivity index (χ1n) is 10.4. The molecule has 4 rings (SSSR count). The lowest BCUT2D eigenvalue weighted by Gasteiger charge is -2.20. The van der Waals surface area contributed by atoms with Crippen LogP contribution in [0.5, 0.6) is 17.2 Å². The minimum Gasteiger partial charge on any atom is -0.493 e. The zero-order valence-electron chi connectivity index (χ0n) is 19.5. The first-order chi connectivity index (χ1) is 16.9. The maximum atomic E-state index is 13.6. The molecule has 0 saturated carbocycles. The highest BCUT2D eigenvalue weighted by molar-refractivity contribution is 6.29. The molecule has 180 valence electrons. The average Bonchev–Trinajstić information content (AvgIpc) is 2.89. The predicted molar refractivity (Wildman–Crippen MR) is 131 cm³/mol. The predicted octanol–water partition coefficient (Wildman–Crippen LogP) is 3.97. The number of carbonyl (C=O) groups is 1. The maximum absolute atomic E-state index is 13.6. The van der Waals surface area contributed by atoms with Gasteiger partial charge in [-0.05, 0) is 47.5 Å². The lowest BCUT2D eigenvalue weighted by molar-refractivity contribution is 0.0588. The van der Waals surface area contributed by atoms with Gasteiger partial charge >= 0.3 is 5.97 Å². The van der Waals surface area contributed by atoms with Gasteiger partial charge in [-0.2, -0.15) is 0 Å². The minimum absolute atomic E-state index is 0.0419. The van der Waals surface area contributed by atoms with E-state index in [1.807, 2.05) is 0 Å². The number of hydrogen-bond acceptors (Lipinski definition) is 8.